The summed E-state index contributed by atoms with van der Waals surface area (Å²) in [5.74, 6) is -0.273. The Hall–Kier alpha value is -2.36. The molecule has 2 rings (SSSR count). The highest BCUT2D eigenvalue weighted by molar-refractivity contribution is 5.93. The maximum Gasteiger partial charge on any atom is 0.259 e. The van der Waals surface area contributed by atoms with Crippen LogP contribution in [0.15, 0.2) is 47.5 Å². The van der Waals surface area contributed by atoms with E-state index in [1.54, 1.807) is 11.9 Å². The highest BCUT2D eigenvalue weighted by Gasteiger charge is 2.15. The number of aromatic nitrogens is 1. The molecule has 0 aliphatic rings. The van der Waals surface area contributed by atoms with Crippen molar-refractivity contribution in [3.05, 3.63) is 69.6 Å². The number of carbonyl (C=O) groups excluding carboxylic acids is 1. The Morgan fingerprint density at radius 1 is 1.26 bits per heavy atom. The summed E-state index contributed by atoms with van der Waals surface area (Å²) < 4.78 is 0. The number of rotatable bonds is 3. The van der Waals surface area contributed by atoms with Gasteiger partial charge in [0.05, 0.1) is 0 Å². The van der Waals surface area contributed by atoms with Gasteiger partial charge in [0.1, 0.15) is 5.56 Å². The zero-order valence-corrected chi connectivity index (χ0v) is 11.0. The second-order valence-corrected chi connectivity index (χ2v) is 4.51. The normalized spacial score (nSPS) is 10.2. The first kappa shape index (κ1) is 13.1. The summed E-state index contributed by atoms with van der Waals surface area (Å²) >= 11 is 0. The van der Waals surface area contributed by atoms with Crippen molar-refractivity contribution >= 4 is 5.91 Å². The van der Waals surface area contributed by atoms with E-state index in [0.717, 1.165) is 11.1 Å². The number of nitrogens with zero attached hydrogens (tertiary/aromatic N) is 1. The van der Waals surface area contributed by atoms with Crippen molar-refractivity contribution in [3.63, 3.8) is 0 Å². The molecule has 0 spiro atoms. The second-order valence-electron chi connectivity index (χ2n) is 4.51. The molecule has 1 aromatic heterocycles. The Morgan fingerprint density at radius 3 is 2.68 bits per heavy atom. The van der Waals surface area contributed by atoms with E-state index in [0.29, 0.717) is 6.54 Å². The topological polar surface area (TPSA) is 53.2 Å². The number of pyridine rings is 1. The van der Waals surface area contributed by atoms with Crippen molar-refractivity contribution in [2.24, 2.45) is 0 Å². The van der Waals surface area contributed by atoms with Crippen LogP contribution in [0.2, 0.25) is 0 Å². The molecular weight excluding hydrogens is 240 g/mol. The van der Waals surface area contributed by atoms with Gasteiger partial charge in [0, 0.05) is 32.1 Å². The van der Waals surface area contributed by atoms with Gasteiger partial charge in [0.15, 0.2) is 5.43 Å². The standard InChI is InChI=1S/C15H16N2O2/c1-11-5-3-4-6-12(11)10-17(2)15(19)13-9-16-8-7-14(13)18/h3-9H,10H2,1-2H3,(H,16,18). The van der Waals surface area contributed by atoms with E-state index in [1.807, 2.05) is 31.2 Å². The van der Waals surface area contributed by atoms with Gasteiger partial charge in [-0.05, 0) is 18.1 Å². The molecule has 1 N–H and O–H groups in total. The first-order chi connectivity index (χ1) is 9.09. The van der Waals surface area contributed by atoms with Gasteiger partial charge in [-0.3, -0.25) is 9.59 Å². The third-order valence-corrected chi connectivity index (χ3v) is 3.07. The molecule has 1 aromatic carbocycles. The number of hydrogen-bond donors (Lipinski definition) is 1. The van der Waals surface area contributed by atoms with Gasteiger partial charge in [-0.1, -0.05) is 24.3 Å². The molecule has 0 bridgehead atoms. The van der Waals surface area contributed by atoms with Gasteiger partial charge in [-0.2, -0.15) is 0 Å². The highest BCUT2D eigenvalue weighted by Crippen LogP contribution is 2.10. The molecule has 4 heteroatoms. The minimum absolute atomic E-state index is 0.165. The van der Waals surface area contributed by atoms with Crippen LogP contribution in [0.1, 0.15) is 21.5 Å². The lowest BCUT2D eigenvalue weighted by atomic mass is 10.1. The molecule has 1 amide bonds. The molecule has 0 saturated heterocycles. The fraction of sp³-hybridized carbons (Fsp3) is 0.200. The molecular formula is C15H16N2O2. The van der Waals surface area contributed by atoms with E-state index in [9.17, 15) is 9.59 Å². The summed E-state index contributed by atoms with van der Waals surface area (Å²) in [6, 6.07) is 9.24. The largest absolute Gasteiger partial charge is 0.367 e. The van der Waals surface area contributed by atoms with Gasteiger partial charge in [0.25, 0.3) is 5.91 Å². The van der Waals surface area contributed by atoms with Crippen molar-refractivity contribution in [1.82, 2.24) is 9.88 Å². The number of aryl methyl sites for hydroxylation is 1. The lowest BCUT2D eigenvalue weighted by Crippen LogP contribution is -2.30. The minimum atomic E-state index is -0.273. The Balaban J connectivity index is 2.19. The van der Waals surface area contributed by atoms with E-state index in [-0.39, 0.29) is 16.9 Å². The number of amides is 1. The maximum atomic E-state index is 12.2. The van der Waals surface area contributed by atoms with Crippen molar-refractivity contribution < 1.29 is 4.79 Å². The molecule has 2 aromatic rings. The van der Waals surface area contributed by atoms with Crippen LogP contribution in [0.3, 0.4) is 0 Å². The highest BCUT2D eigenvalue weighted by atomic mass is 16.2. The summed E-state index contributed by atoms with van der Waals surface area (Å²) in [6.07, 6.45) is 2.96. The Bertz CT molecular complexity index is 646. The smallest absolute Gasteiger partial charge is 0.259 e. The quantitative estimate of drug-likeness (QED) is 0.912. The van der Waals surface area contributed by atoms with Crippen LogP contribution in [-0.2, 0) is 6.54 Å². The first-order valence-corrected chi connectivity index (χ1v) is 6.06. The van der Waals surface area contributed by atoms with Gasteiger partial charge < -0.3 is 9.88 Å². The molecule has 19 heavy (non-hydrogen) atoms. The van der Waals surface area contributed by atoms with E-state index < -0.39 is 0 Å². The van der Waals surface area contributed by atoms with E-state index in [2.05, 4.69) is 4.98 Å². The predicted molar refractivity (Wildman–Crippen MR) is 74.0 cm³/mol. The Morgan fingerprint density at radius 2 is 2.00 bits per heavy atom. The first-order valence-electron chi connectivity index (χ1n) is 6.06. The van der Waals surface area contributed by atoms with Crippen molar-refractivity contribution in [3.8, 4) is 0 Å². The summed E-state index contributed by atoms with van der Waals surface area (Å²) in [5, 5.41) is 0. The summed E-state index contributed by atoms with van der Waals surface area (Å²) in [4.78, 5) is 28.1. The van der Waals surface area contributed by atoms with Gasteiger partial charge >= 0.3 is 0 Å². The van der Waals surface area contributed by atoms with Crippen LogP contribution in [0, 0.1) is 6.92 Å². The van der Waals surface area contributed by atoms with Gasteiger partial charge in [-0.15, -0.1) is 0 Å². The Kier molecular flexibility index (Phi) is 3.80. The lowest BCUT2D eigenvalue weighted by molar-refractivity contribution is 0.0783. The molecule has 0 fully saturated rings. The number of benzene rings is 1. The van der Waals surface area contributed by atoms with Crippen molar-refractivity contribution in [2.75, 3.05) is 7.05 Å². The molecule has 4 nitrogen and oxygen atoms in total. The minimum Gasteiger partial charge on any atom is -0.367 e. The molecule has 1 heterocycles. The molecule has 0 unspecified atom stereocenters. The Labute approximate surface area is 111 Å². The van der Waals surface area contributed by atoms with Crippen LogP contribution < -0.4 is 5.43 Å². The van der Waals surface area contributed by atoms with E-state index in [1.165, 1.54) is 18.5 Å². The lowest BCUT2D eigenvalue weighted by Gasteiger charge is -2.18. The second kappa shape index (κ2) is 5.52. The third kappa shape index (κ3) is 2.91. The van der Waals surface area contributed by atoms with Crippen LogP contribution >= 0.6 is 0 Å². The summed E-state index contributed by atoms with van der Waals surface area (Å²) in [6.45, 7) is 2.49. The maximum absolute atomic E-state index is 12.2. The van der Waals surface area contributed by atoms with Crippen LogP contribution in [0.25, 0.3) is 0 Å². The van der Waals surface area contributed by atoms with Gasteiger partial charge in [-0.25, -0.2) is 0 Å². The molecule has 98 valence electrons. The van der Waals surface area contributed by atoms with Crippen LogP contribution in [0.4, 0.5) is 0 Å². The predicted octanol–water partition coefficient (Wildman–Crippen LogP) is 1.96. The van der Waals surface area contributed by atoms with E-state index >= 15 is 0 Å². The van der Waals surface area contributed by atoms with Crippen molar-refractivity contribution in [1.29, 1.82) is 0 Å². The van der Waals surface area contributed by atoms with E-state index in [4.69, 9.17) is 0 Å². The zero-order chi connectivity index (χ0) is 13.8. The molecule has 0 atom stereocenters. The summed E-state index contributed by atoms with van der Waals surface area (Å²) in [5.41, 5.74) is 2.11. The fourth-order valence-corrected chi connectivity index (χ4v) is 1.90. The number of H-pyrrole nitrogens is 1. The summed E-state index contributed by atoms with van der Waals surface area (Å²) in [7, 11) is 1.70. The number of carbonyl (C=O) groups is 1. The number of aromatic amines is 1. The SMILES string of the molecule is Cc1ccccc1CN(C)C(=O)c1c[nH]ccc1=O. The fourth-order valence-electron chi connectivity index (χ4n) is 1.90. The van der Waals surface area contributed by atoms with Crippen LogP contribution in [-0.4, -0.2) is 22.8 Å². The molecule has 0 saturated carbocycles. The molecule has 0 aliphatic carbocycles. The average Bonchev–Trinajstić information content (AvgIpc) is 2.41. The number of hydrogen-bond acceptors (Lipinski definition) is 2. The monoisotopic (exact) mass is 256 g/mol. The average molecular weight is 256 g/mol. The third-order valence-electron chi connectivity index (χ3n) is 3.07. The van der Waals surface area contributed by atoms with Crippen molar-refractivity contribution in [2.45, 2.75) is 13.5 Å². The number of nitrogens with one attached hydrogen (secondary N) is 1. The zero-order valence-electron chi connectivity index (χ0n) is 11.0. The van der Waals surface area contributed by atoms with Gasteiger partial charge in [0.2, 0.25) is 0 Å². The molecule has 0 aliphatic heterocycles. The molecule has 0 radical (unpaired) electrons. The van der Waals surface area contributed by atoms with Crippen LogP contribution in [0.5, 0.6) is 0 Å².